The maximum absolute atomic E-state index is 11.1. The molecule has 0 spiro atoms. The molecule has 0 aliphatic heterocycles. The third kappa shape index (κ3) is 21.9. The Morgan fingerprint density at radius 3 is 1.10 bits per heavy atom. The molecule has 0 atom stereocenters. The standard InChI is InChI=1S/C25H43N3O11/c1-4-22(30)26-19-37-12-9-34-16-25(15-33-8-7-29,17-35-10-13-38-20-27-23(31)5-2)18-36-11-14-39-21-28-24(32)6-3/h4-6,29H,1-3,7-21H2,(H,26,30)(H,27,31)(H,28,32). The summed E-state index contributed by atoms with van der Waals surface area (Å²) in [5.41, 5.74) is -0.750. The van der Waals surface area contributed by atoms with Crippen LogP contribution >= 0.6 is 0 Å². The average molecular weight is 562 g/mol. The van der Waals surface area contributed by atoms with Crippen LogP contribution in [0.25, 0.3) is 0 Å². The van der Waals surface area contributed by atoms with E-state index in [1.807, 2.05) is 0 Å². The molecule has 0 radical (unpaired) electrons. The molecule has 0 aromatic rings. The lowest BCUT2D eigenvalue weighted by Gasteiger charge is -2.33. The van der Waals surface area contributed by atoms with E-state index in [1.54, 1.807) is 0 Å². The molecule has 14 nitrogen and oxygen atoms in total. The number of aliphatic hydroxyl groups is 1. The van der Waals surface area contributed by atoms with Gasteiger partial charge in [0, 0.05) is 0 Å². The Hall–Kier alpha value is -2.69. The van der Waals surface area contributed by atoms with E-state index in [-0.39, 0.29) is 117 Å². The van der Waals surface area contributed by atoms with Gasteiger partial charge in [-0.3, -0.25) is 14.4 Å². The summed E-state index contributed by atoms with van der Waals surface area (Å²) < 4.78 is 38.9. The Balaban J connectivity index is 4.78. The summed E-state index contributed by atoms with van der Waals surface area (Å²) in [4.78, 5) is 33.4. The zero-order valence-electron chi connectivity index (χ0n) is 22.5. The second-order valence-corrected chi connectivity index (χ2v) is 7.83. The molecule has 0 unspecified atom stereocenters. The van der Waals surface area contributed by atoms with Gasteiger partial charge in [-0.25, -0.2) is 0 Å². The molecule has 0 aromatic heterocycles. The molecule has 0 saturated heterocycles. The highest BCUT2D eigenvalue weighted by atomic mass is 16.6. The Bertz CT molecular complexity index is 623. The van der Waals surface area contributed by atoms with E-state index >= 15 is 0 Å². The van der Waals surface area contributed by atoms with Gasteiger partial charge >= 0.3 is 0 Å². The summed E-state index contributed by atoms with van der Waals surface area (Å²) in [7, 11) is 0. The van der Waals surface area contributed by atoms with Gasteiger partial charge in [0.15, 0.2) is 0 Å². The number of nitrogens with one attached hydrogen (secondary N) is 3. The monoisotopic (exact) mass is 561 g/mol. The van der Waals surface area contributed by atoms with Crippen LogP contribution in [0.4, 0.5) is 0 Å². The van der Waals surface area contributed by atoms with Gasteiger partial charge in [-0.05, 0) is 18.2 Å². The first kappa shape index (κ1) is 36.3. The molecule has 0 fully saturated rings. The smallest absolute Gasteiger partial charge is 0.245 e. The van der Waals surface area contributed by atoms with Crippen molar-refractivity contribution in [2.24, 2.45) is 5.41 Å². The van der Waals surface area contributed by atoms with E-state index in [9.17, 15) is 14.4 Å². The molecule has 0 heterocycles. The van der Waals surface area contributed by atoms with Crippen molar-refractivity contribution >= 4 is 17.7 Å². The third-order valence-electron chi connectivity index (χ3n) is 4.59. The van der Waals surface area contributed by atoms with Crippen LogP contribution in [0.15, 0.2) is 38.0 Å². The first-order valence-electron chi connectivity index (χ1n) is 12.3. The predicted octanol–water partition coefficient (Wildman–Crippen LogP) is -1.14. The van der Waals surface area contributed by atoms with Crippen molar-refractivity contribution in [3.63, 3.8) is 0 Å². The second-order valence-electron chi connectivity index (χ2n) is 7.83. The fraction of sp³-hybridized carbons (Fsp3) is 0.640. The fourth-order valence-corrected chi connectivity index (χ4v) is 2.62. The van der Waals surface area contributed by atoms with Crippen molar-refractivity contribution < 1.29 is 52.6 Å². The lowest BCUT2D eigenvalue weighted by Crippen LogP contribution is -2.43. The Morgan fingerprint density at radius 1 is 0.538 bits per heavy atom. The SMILES string of the molecule is C=CC(=O)NCOCCOCC(COCCO)(COCCOCNC(=O)C=C)COCCOCNC(=O)C=C. The summed E-state index contributed by atoms with van der Waals surface area (Å²) in [6, 6.07) is 0. The van der Waals surface area contributed by atoms with Crippen LogP contribution in [0.1, 0.15) is 0 Å². The molecule has 0 aliphatic carbocycles. The van der Waals surface area contributed by atoms with E-state index in [0.29, 0.717) is 0 Å². The Morgan fingerprint density at radius 2 is 0.821 bits per heavy atom. The number of carbonyl (C=O) groups is 3. The summed E-state index contributed by atoms with van der Waals surface area (Å²) in [5, 5.41) is 16.6. The number of carbonyl (C=O) groups excluding carboxylic acids is 3. The molecule has 0 aliphatic rings. The highest BCUT2D eigenvalue weighted by Crippen LogP contribution is 2.21. The van der Waals surface area contributed by atoms with Crippen LogP contribution in [-0.2, 0) is 47.5 Å². The Labute approximate surface area is 229 Å². The van der Waals surface area contributed by atoms with Gasteiger partial charge in [0.25, 0.3) is 0 Å². The zero-order valence-corrected chi connectivity index (χ0v) is 22.5. The van der Waals surface area contributed by atoms with Gasteiger partial charge in [-0.2, -0.15) is 0 Å². The third-order valence-corrected chi connectivity index (χ3v) is 4.59. The number of hydrogen-bond acceptors (Lipinski definition) is 11. The minimum atomic E-state index is -0.750. The van der Waals surface area contributed by atoms with Crippen LogP contribution in [0.3, 0.4) is 0 Å². The summed E-state index contributed by atoms with van der Waals surface area (Å²) >= 11 is 0. The molecule has 0 aromatic carbocycles. The van der Waals surface area contributed by atoms with Gasteiger partial charge in [-0.1, -0.05) is 19.7 Å². The van der Waals surface area contributed by atoms with E-state index < -0.39 is 5.41 Å². The Kier molecular flexibility index (Phi) is 23.8. The van der Waals surface area contributed by atoms with Crippen molar-refractivity contribution in [2.75, 3.05) is 99.5 Å². The maximum Gasteiger partial charge on any atom is 0.245 e. The van der Waals surface area contributed by atoms with E-state index in [1.165, 1.54) is 0 Å². The van der Waals surface area contributed by atoms with Crippen LogP contribution < -0.4 is 16.0 Å². The summed E-state index contributed by atoms with van der Waals surface area (Å²) in [5.74, 6) is -1.03. The van der Waals surface area contributed by atoms with Gasteiger partial charge in [0.1, 0.15) is 20.2 Å². The number of aliphatic hydroxyl groups excluding tert-OH is 1. The van der Waals surface area contributed by atoms with Gasteiger partial charge in [0.2, 0.25) is 17.7 Å². The maximum atomic E-state index is 11.1. The quantitative estimate of drug-likeness (QED) is 0.0517. The lowest BCUT2D eigenvalue weighted by atomic mass is 9.92. The number of ether oxygens (including phenoxy) is 7. The highest BCUT2D eigenvalue weighted by Gasteiger charge is 2.32. The van der Waals surface area contributed by atoms with Crippen molar-refractivity contribution in [2.45, 2.75) is 0 Å². The molecule has 14 heteroatoms. The zero-order chi connectivity index (χ0) is 29.0. The highest BCUT2D eigenvalue weighted by molar-refractivity contribution is 5.87. The molecular weight excluding hydrogens is 518 g/mol. The first-order valence-corrected chi connectivity index (χ1v) is 12.3. The molecule has 0 saturated carbocycles. The van der Waals surface area contributed by atoms with Crippen LogP contribution in [0.5, 0.6) is 0 Å². The van der Waals surface area contributed by atoms with Gasteiger partial charge in [0.05, 0.1) is 84.7 Å². The molecule has 39 heavy (non-hydrogen) atoms. The van der Waals surface area contributed by atoms with Crippen molar-refractivity contribution in [3.8, 4) is 0 Å². The van der Waals surface area contributed by atoms with Crippen LogP contribution in [0, 0.1) is 5.41 Å². The molecular formula is C25H43N3O11. The van der Waals surface area contributed by atoms with Crippen LogP contribution in [-0.4, -0.2) is 122 Å². The lowest BCUT2D eigenvalue weighted by molar-refractivity contribution is -0.124. The number of hydrogen-bond donors (Lipinski definition) is 4. The topological polar surface area (TPSA) is 172 Å². The molecule has 3 amide bonds. The molecule has 0 rings (SSSR count). The summed E-state index contributed by atoms with van der Waals surface area (Å²) in [6.45, 7) is 12.1. The summed E-state index contributed by atoms with van der Waals surface area (Å²) in [6.07, 6.45) is 3.43. The van der Waals surface area contributed by atoms with Gasteiger partial charge in [-0.15, -0.1) is 0 Å². The molecule has 4 N–H and O–H groups in total. The fourth-order valence-electron chi connectivity index (χ4n) is 2.62. The molecule has 224 valence electrons. The minimum Gasteiger partial charge on any atom is -0.394 e. The first-order chi connectivity index (χ1) is 18.9. The van der Waals surface area contributed by atoms with Gasteiger partial charge < -0.3 is 54.2 Å². The molecule has 0 bridgehead atoms. The van der Waals surface area contributed by atoms with Crippen molar-refractivity contribution in [1.82, 2.24) is 16.0 Å². The van der Waals surface area contributed by atoms with Crippen molar-refractivity contribution in [3.05, 3.63) is 38.0 Å². The van der Waals surface area contributed by atoms with Crippen LogP contribution in [0.2, 0.25) is 0 Å². The van der Waals surface area contributed by atoms with E-state index in [0.717, 1.165) is 18.2 Å². The minimum absolute atomic E-state index is 0.0195. The second kappa shape index (κ2) is 25.6. The number of amides is 3. The normalized spacial score (nSPS) is 11.0. The largest absolute Gasteiger partial charge is 0.394 e. The van der Waals surface area contributed by atoms with E-state index in [2.05, 4.69) is 35.7 Å². The number of rotatable bonds is 28. The van der Waals surface area contributed by atoms with Crippen molar-refractivity contribution in [1.29, 1.82) is 0 Å². The van der Waals surface area contributed by atoms with E-state index in [4.69, 9.17) is 38.3 Å². The average Bonchev–Trinajstić information content (AvgIpc) is 2.95. The predicted molar refractivity (Wildman–Crippen MR) is 140 cm³/mol.